The summed E-state index contributed by atoms with van der Waals surface area (Å²) < 4.78 is 0. The second-order valence-corrected chi connectivity index (χ2v) is 4.93. The van der Waals surface area contributed by atoms with Crippen LogP contribution in [-0.2, 0) is 0 Å². The highest BCUT2D eigenvalue weighted by atomic mass is 35.5. The first-order chi connectivity index (χ1) is 10.6. The zero-order chi connectivity index (χ0) is 15.5. The van der Waals surface area contributed by atoms with Gasteiger partial charge in [-0.3, -0.25) is 0 Å². The number of hydrogen-bond donors (Lipinski definition) is 3. The summed E-state index contributed by atoms with van der Waals surface area (Å²) in [6.07, 6.45) is 0. The largest absolute Gasteiger partial charge is 0.506 e. The van der Waals surface area contributed by atoms with Crippen LogP contribution in [0.2, 0.25) is 5.02 Å². The maximum absolute atomic E-state index is 9.78. The van der Waals surface area contributed by atoms with Gasteiger partial charge in [-0.05, 0) is 24.3 Å². The van der Waals surface area contributed by atoms with Crippen LogP contribution in [0.15, 0.2) is 48.5 Å². The molecule has 4 N–H and O–H groups in total. The number of phenolic OH excluding ortho intramolecular Hbond substituents is 1. The molecule has 0 atom stereocenters. The van der Waals surface area contributed by atoms with E-state index >= 15 is 0 Å². The summed E-state index contributed by atoms with van der Waals surface area (Å²) in [6.45, 7) is 0. The van der Waals surface area contributed by atoms with Gasteiger partial charge in [0.05, 0.1) is 5.69 Å². The van der Waals surface area contributed by atoms with Crippen molar-refractivity contribution in [2.75, 3.05) is 11.1 Å². The first-order valence-electron chi connectivity index (χ1n) is 6.44. The number of phenols is 1. The van der Waals surface area contributed by atoms with Gasteiger partial charge in [-0.25, -0.2) is 0 Å². The molecular weight excluding hydrogens is 302 g/mol. The van der Waals surface area contributed by atoms with Crippen molar-refractivity contribution in [2.45, 2.75) is 0 Å². The number of hydrogen-bond acceptors (Lipinski definition) is 6. The van der Waals surface area contributed by atoms with E-state index in [9.17, 15) is 5.11 Å². The van der Waals surface area contributed by atoms with Gasteiger partial charge in [0.25, 0.3) is 0 Å². The molecule has 3 aromatic rings. The van der Waals surface area contributed by atoms with Gasteiger partial charge in [0.1, 0.15) is 5.75 Å². The number of nitrogens with one attached hydrogen (secondary N) is 1. The Labute approximate surface area is 131 Å². The summed E-state index contributed by atoms with van der Waals surface area (Å²) in [4.78, 5) is 12.4. The third kappa shape index (κ3) is 3.07. The Kier molecular flexibility index (Phi) is 3.76. The van der Waals surface area contributed by atoms with E-state index in [0.29, 0.717) is 16.5 Å². The SMILES string of the molecule is Nc1nc(Nc2ccccc2O)nc(-c2cccc(Cl)c2)n1. The predicted molar refractivity (Wildman–Crippen MR) is 86.1 cm³/mol. The normalized spacial score (nSPS) is 10.4. The lowest BCUT2D eigenvalue weighted by atomic mass is 10.2. The van der Waals surface area contributed by atoms with Gasteiger partial charge in [0.15, 0.2) is 5.82 Å². The molecule has 22 heavy (non-hydrogen) atoms. The van der Waals surface area contributed by atoms with Gasteiger partial charge >= 0.3 is 0 Å². The summed E-state index contributed by atoms with van der Waals surface area (Å²) in [5, 5.41) is 13.3. The van der Waals surface area contributed by atoms with Crippen LogP contribution in [-0.4, -0.2) is 20.1 Å². The van der Waals surface area contributed by atoms with E-state index in [-0.39, 0.29) is 17.6 Å². The number of aromatic nitrogens is 3. The Hall–Kier alpha value is -2.86. The van der Waals surface area contributed by atoms with Crippen LogP contribution in [0.1, 0.15) is 0 Å². The molecule has 0 aliphatic rings. The number of anilines is 3. The minimum Gasteiger partial charge on any atom is -0.506 e. The average Bonchev–Trinajstić information content (AvgIpc) is 2.49. The molecule has 1 aromatic heterocycles. The van der Waals surface area contributed by atoms with Crippen LogP contribution in [0.25, 0.3) is 11.4 Å². The number of halogens is 1. The van der Waals surface area contributed by atoms with E-state index in [0.717, 1.165) is 5.56 Å². The molecule has 3 rings (SSSR count). The second-order valence-electron chi connectivity index (χ2n) is 4.49. The van der Waals surface area contributed by atoms with E-state index in [1.165, 1.54) is 0 Å². The molecular formula is C15H12ClN5O. The summed E-state index contributed by atoms with van der Waals surface area (Å²) in [6, 6.07) is 13.9. The fourth-order valence-electron chi connectivity index (χ4n) is 1.90. The highest BCUT2D eigenvalue weighted by molar-refractivity contribution is 6.30. The van der Waals surface area contributed by atoms with Crippen molar-refractivity contribution in [2.24, 2.45) is 0 Å². The quantitative estimate of drug-likeness (QED) is 0.642. The first kappa shape index (κ1) is 14.1. The minimum absolute atomic E-state index is 0.0721. The molecule has 6 nitrogen and oxygen atoms in total. The van der Waals surface area contributed by atoms with E-state index in [1.807, 2.05) is 6.07 Å². The van der Waals surface area contributed by atoms with Crippen molar-refractivity contribution in [3.63, 3.8) is 0 Å². The molecule has 0 fully saturated rings. The smallest absolute Gasteiger partial charge is 0.232 e. The molecule has 2 aromatic carbocycles. The van der Waals surface area contributed by atoms with Crippen molar-refractivity contribution >= 4 is 29.2 Å². The van der Waals surface area contributed by atoms with Gasteiger partial charge in [-0.15, -0.1) is 0 Å². The minimum atomic E-state index is 0.0721. The van der Waals surface area contributed by atoms with Crippen LogP contribution in [0, 0.1) is 0 Å². The van der Waals surface area contributed by atoms with Crippen LogP contribution in [0.4, 0.5) is 17.6 Å². The van der Waals surface area contributed by atoms with Gasteiger partial charge in [0.2, 0.25) is 11.9 Å². The Balaban J connectivity index is 1.98. The van der Waals surface area contributed by atoms with Crippen LogP contribution in [0.5, 0.6) is 5.75 Å². The fraction of sp³-hybridized carbons (Fsp3) is 0. The standard InChI is InChI=1S/C15H12ClN5O/c16-10-5-3-4-9(8-10)13-19-14(17)21-15(20-13)18-11-6-1-2-7-12(11)22/h1-8,22H,(H3,17,18,19,20,21). The predicted octanol–water partition coefficient (Wildman–Crippen LogP) is 3.22. The van der Waals surface area contributed by atoms with Gasteiger partial charge < -0.3 is 16.2 Å². The van der Waals surface area contributed by atoms with Crippen molar-refractivity contribution in [3.8, 4) is 17.1 Å². The number of aromatic hydroxyl groups is 1. The Morgan fingerprint density at radius 1 is 1.00 bits per heavy atom. The van der Waals surface area contributed by atoms with Gasteiger partial charge in [0, 0.05) is 10.6 Å². The number of nitrogen functional groups attached to an aromatic ring is 1. The monoisotopic (exact) mass is 313 g/mol. The zero-order valence-corrected chi connectivity index (χ0v) is 12.1. The third-order valence-corrected chi connectivity index (χ3v) is 3.12. The Morgan fingerprint density at radius 3 is 2.59 bits per heavy atom. The third-order valence-electron chi connectivity index (χ3n) is 2.89. The summed E-state index contributed by atoms with van der Waals surface area (Å²) in [5.74, 6) is 0.797. The number of benzene rings is 2. The molecule has 0 spiro atoms. The van der Waals surface area contributed by atoms with E-state index in [4.69, 9.17) is 17.3 Å². The molecule has 0 aliphatic heterocycles. The Bertz CT molecular complexity index is 825. The number of para-hydroxylation sites is 2. The average molecular weight is 314 g/mol. The highest BCUT2D eigenvalue weighted by Gasteiger charge is 2.09. The van der Waals surface area contributed by atoms with Crippen molar-refractivity contribution in [1.29, 1.82) is 0 Å². The summed E-state index contributed by atoms with van der Waals surface area (Å²) >= 11 is 5.97. The van der Waals surface area contributed by atoms with Crippen LogP contribution in [0.3, 0.4) is 0 Å². The molecule has 0 amide bonds. The molecule has 110 valence electrons. The van der Waals surface area contributed by atoms with Crippen molar-refractivity contribution in [3.05, 3.63) is 53.6 Å². The van der Waals surface area contributed by atoms with Crippen molar-refractivity contribution in [1.82, 2.24) is 15.0 Å². The summed E-state index contributed by atoms with van der Waals surface area (Å²) in [5.41, 5.74) is 6.93. The van der Waals surface area contributed by atoms with Crippen LogP contribution < -0.4 is 11.1 Å². The molecule has 0 saturated heterocycles. The molecule has 7 heteroatoms. The highest BCUT2D eigenvalue weighted by Crippen LogP contribution is 2.26. The topological polar surface area (TPSA) is 97.0 Å². The lowest BCUT2D eigenvalue weighted by Gasteiger charge is -2.08. The molecule has 0 unspecified atom stereocenters. The van der Waals surface area contributed by atoms with Gasteiger partial charge in [-0.1, -0.05) is 35.9 Å². The molecule has 1 heterocycles. The lowest BCUT2D eigenvalue weighted by Crippen LogP contribution is -2.05. The fourth-order valence-corrected chi connectivity index (χ4v) is 2.09. The number of rotatable bonds is 3. The molecule has 0 saturated carbocycles. The van der Waals surface area contributed by atoms with E-state index in [1.54, 1.807) is 42.5 Å². The number of nitrogens with zero attached hydrogens (tertiary/aromatic N) is 3. The lowest BCUT2D eigenvalue weighted by molar-refractivity contribution is 0.477. The first-order valence-corrected chi connectivity index (χ1v) is 6.82. The summed E-state index contributed by atoms with van der Waals surface area (Å²) in [7, 11) is 0. The van der Waals surface area contributed by atoms with E-state index in [2.05, 4.69) is 20.3 Å². The van der Waals surface area contributed by atoms with E-state index < -0.39 is 0 Å². The second kappa shape index (κ2) is 5.87. The Morgan fingerprint density at radius 2 is 1.82 bits per heavy atom. The molecule has 0 radical (unpaired) electrons. The maximum atomic E-state index is 9.78. The van der Waals surface area contributed by atoms with Gasteiger partial charge in [-0.2, -0.15) is 15.0 Å². The molecule has 0 aliphatic carbocycles. The zero-order valence-electron chi connectivity index (χ0n) is 11.4. The molecule has 0 bridgehead atoms. The van der Waals surface area contributed by atoms with Crippen molar-refractivity contribution < 1.29 is 5.11 Å². The maximum Gasteiger partial charge on any atom is 0.232 e. The van der Waals surface area contributed by atoms with Crippen LogP contribution >= 0.6 is 11.6 Å². The number of nitrogens with two attached hydrogens (primary N) is 1.